The normalized spacial score (nSPS) is 16.1. The van der Waals surface area contributed by atoms with Crippen LogP contribution in [-0.4, -0.2) is 22.2 Å². The zero-order chi connectivity index (χ0) is 10.3. The van der Waals surface area contributed by atoms with E-state index in [4.69, 9.17) is 9.84 Å². The molecule has 4 nitrogen and oxygen atoms in total. The minimum Gasteiger partial charge on any atom is -0.481 e. The van der Waals surface area contributed by atoms with Gasteiger partial charge in [-0.05, 0) is 19.4 Å². The zero-order valence-electron chi connectivity index (χ0n) is 8.28. The molecule has 2 rings (SSSR count). The summed E-state index contributed by atoms with van der Waals surface area (Å²) in [6.07, 6.45) is 1.96. The van der Waals surface area contributed by atoms with E-state index in [0.717, 1.165) is 23.6 Å². The minimum atomic E-state index is -0.808. The Morgan fingerprint density at radius 2 is 2.43 bits per heavy atom. The lowest BCUT2D eigenvalue weighted by molar-refractivity contribution is -0.138. The molecule has 0 radical (unpaired) electrons. The van der Waals surface area contributed by atoms with Crippen molar-refractivity contribution < 1.29 is 14.6 Å². The van der Waals surface area contributed by atoms with E-state index in [0.29, 0.717) is 6.61 Å². The molecule has 0 bridgehead atoms. The molecule has 2 heterocycles. The topological polar surface area (TPSA) is 51.5 Å². The highest BCUT2D eigenvalue weighted by atomic mass is 16.5. The predicted molar refractivity (Wildman–Crippen MR) is 50.7 cm³/mol. The maximum atomic E-state index is 10.9. The average molecular weight is 195 g/mol. The second-order valence-corrected chi connectivity index (χ2v) is 3.63. The van der Waals surface area contributed by atoms with Crippen LogP contribution >= 0.6 is 0 Å². The summed E-state index contributed by atoms with van der Waals surface area (Å²) in [5, 5.41) is 8.94. The van der Waals surface area contributed by atoms with Gasteiger partial charge < -0.3 is 14.4 Å². The summed E-state index contributed by atoms with van der Waals surface area (Å²) in [7, 11) is 0. The number of nitrogens with zero attached hydrogens (tertiary/aromatic N) is 1. The first-order valence-electron chi connectivity index (χ1n) is 4.66. The molecular weight excluding hydrogens is 182 g/mol. The van der Waals surface area contributed by atoms with Gasteiger partial charge in [0.1, 0.15) is 6.61 Å². The highest BCUT2D eigenvalue weighted by molar-refractivity contribution is 5.77. The predicted octanol–water partition coefficient (Wildman–Crippen LogP) is 1.38. The van der Waals surface area contributed by atoms with E-state index in [9.17, 15) is 4.79 Å². The third-order valence-corrected chi connectivity index (χ3v) is 2.64. The molecule has 0 aliphatic carbocycles. The van der Waals surface area contributed by atoms with Crippen molar-refractivity contribution in [1.29, 1.82) is 0 Å². The molecule has 0 saturated carbocycles. The monoisotopic (exact) mass is 195 g/mol. The van der Waals surface area contributed by atoms with E-state index >= 15 is 0 Å². The summed E-state index contributed by atoms with van der Waals surface area (Å²) in [4.78, 5) is 10.9. The highest BCUT2D eigenvalue weighted by Crippen LogP contribution is 2.34. The molecule has 1 aliphatic heterocycles. The van der Waals surface area contributed by atoms with Gasteiger partial charge in [0.15, 0.2) is 5.88 Å². The number of ether oxygens (including phenoxy) is 1. The van der Waals surface area contributed by atoms with Gasteiger partial charge >= 0.3 is 5.97 Å². The van der Waals surface area contributed by atoms with Crippen LogP contribution in [0.3, 0.4) is 0 Å². The Hall–Kier alpha value is -1.45. The lowest BCUT2D eigenvalue weighted by atomic mass is 10.0. The fourth-order valence-corrected chi connectivity index (χ4v) is 1.90. The van der Waals surface area contributed by atoms with Crippen molar-refractivity contribution in [3.8, 4) is 5.88 Å². The number of aryl methyl sites for hydroxylation is 1. The molecule has 14 heavy (non-hydrogen) atoms. The van der Waals surface area contributed by atoms with E-state index in [1.807, 2.05) is 17.7 Å². The van der Waals surface area contributed by atoms with Gasteiger partial charge in [-0.2, -0.15) is 0 Å². The van der Waals surface area contributed by atoms with Crippen LogP contribution in [0.15, 0.2) is 6.20 Å². The number of rotatable bonds is 2. The smallest absolute Gasteiger partial charge is 0.310 e. The van der Waals surface area contributed by atoms with E-state index in [2.05, 4.69) is 0 Å². The third-order valence-electron chi connectivity index (χ3n) is 2.64. The van der Waals surface area contributed by atoms with Gasteiger partial charge in [0.2, 0.25) is 0 Å². The molecule has 1 atom stereocenters. The van der Waals surface area contributed by atoms with Gasteiger partial charge in [-0.25, -0.2) is 0 Å². The molecule has 1 aromatic rings. The van der Waals surface area contributed by atoms with Gasteiger partial charge in [-0.3, -0.25) is 4.79 Å². The average Bonchev–Trinajstić information content (AvgIpc) is 2.62. The molecule has 4 heteroatoms. The van der Waals surface area contributed by atoms with Crippen LogP contribution in [0, 0.1) is 6.92 Å². The maximum Gasteiger partial charge on any atom is 0.310 e. The number of fused-ring (bicyclic) bond motifs is 1. The van der Waals surface area contributed by atoms with Crippen molar-refractivity contribution in [3.05, 3.63) is 17.3 Å². The van der Waals surface area contributed by atoms with Gasteiger partial charge in [-0.15, -0.1) is 0 Å². The lowest BCUT2D eigenvalue weighted by Crippen LogP contribution is -2.08. The van der Waals surface area contributed by atoms with Crippen LogP contribution in [0.2, 0.25) is 0 Å². The van der Waals surface area contributed by atoms with Crippen molar-refractivity contribution in [1.82, 2.24) is 4.57 Å². The van der Waals surface area contributed by atoms with Gasteiger partial charge in [0.25, 0.3) is 0 Å². The third kappa shape index (κ3) is 1.18. The quantitative estimate of drug-likeness (QED) is 0.775. The molecule has 1 N–H and O–H groups in total. The van der Waals surface area contributed by atoms with Crippen LogP contribution < -0.4 is 4.74 Å². The van der Waals surface area contributed by atoms with Crippen LogP contribution in [-0.2, 0) is 11.3 Å². The van der Waals surface area contributed by atoms with Crippen molar-refractivity contribution >= 4 is 5.97 Å². The van der Waals surface area contributed by atoms with Crippen molar-refractivity contribution in [3.63, 3.8) is 0 Å². The van der Waals surface area contributed by atoms with Gasteiger partial charge in [0, 0.05) is 11.8 Å². The molecule has 0 aromatic carbocycles. The Balaban J connectivity index is 2.46. The van der Waals surface area contributed by atoms with Crippen LogP contribution in [0.4, 0.5) is 0 Å². The Morgan fingerprint density at radius 3 is 3.07 bits per heavy atom. The number of hydrogen-bond donors (Lipinski definition) is 1. The number of carboxylic acids is 1. The Bertz CT molecular complexity index is 381. The fourth-order valence-electron chi connectivity index (χ4n) is 1.90. The summed E-state index contributed by atoms with van der Waals surface area (Å²) in [6.45, 7) is 5.08. The maximum absolute atomic E-state index is 10.9. The zero-order valence-corrected chi connectivity index (χ0v) is 8.28. The Morgan fingerprint density at radius 1 is 1.71 bits per heavy atom. The summed E-state index contributed by atoms with van der Waals surface area (Å²) in [5.74, 6) is -0.570. The molecule has 0 amide bonds. The molecule has 1 aromatic heterocycles. The first kappa shape index (κ1) is 9.12. The number of aromatic nitrogens is 1. The molecule has 1 unspecified atom stereocenters. The molecule has 0 spiro atoms. The largest absolute Gasteiger partial charge is 0.481 e. The van der Waals surface area contributed by atoms with Crippen LogP contribution in [0.5, 0.6) is 5.88 Å². The molecule has 0 saturated heterocycles. The van der Waals surface area contributed by atoms with E-state index < -0.39 is 11.9 Å². The van der Waals surface area contributed by atoms with E-state index in [1.54, 1.807) is 6.92 Å². The van der Waals surface area contributed by atoms with Crippen molar-refractivity contribution in [2.75, 3.05) is 6.61 Å². The second-order valence-electron chi connectivity index (χ2n) is 3.63. The second kappa shape index (κ2) is 3.04. The molecule has 0 fully saturated rings. The number of carbonyl (C=O) groups is 1. The summed E-state index contributed by atoms with van der Waals surface area (Å²) < 4.78 is 7.40. The van der Waals surface area contributed by atoms with E-state index in [-0.39, 0.29) is 0 Å². The summed E-state index contributed by atoms with van der Waals surface area (Å²) in [6, 6.07) is 0. The Kier molecular flexibility index (Phi) is 1.98. The standard InChI is InChI=1S/C10H13NO3/c1-6-5-11-3-4-14-9(11)8(6)7(2)10(12)13/h5,7H,3-4H2,1-2H3,(H,12,13). The minimum absolute atomic E-state index is 0.496. The fraction of sp³-hybridized carbons (Fsp3) is 0.500. The van der Waals surface area contributed by atoms with Gasteiger partial charge in [-0.1, -0.05) is 0 Å². The van der Waals surface area contributed by atoms with Gasteiger partial charge in [0.05, 0.1) is 12.5 Å². The highest BCUT2D eigenvalue weighted by Gasteiger charge is 2.26. The number of aliphatic carboxylic acids is 1. The number of hydrogen-bond acceptors (Lipinski definition) is 2. The first-order chi connectivity index (χ1) is 6.61. The Labute approximate surface area is 82.1 Å². The van der Waals surface area contributed by atoms with Crippen molar-refractivity contribution in [2.45, 2.75) is 26.3 Å². The molecule has 76 valence electrons. The van der Waals surface area contributed by atoms with Crippen LogP contribution in [0.25, 0.3) is 0 Å². The first-order valence-corrected chi connectivity index (χ1v) is 4.66. The molecular formula is C10H13NO3. The molecule has 1 aliphatic rings. The summed E-state index contributed by atoms with van der Waals surface area (Å²) in [5.41, 5.74) is 1.81. The van der Waals surface area contributed by atoms with Crippen LogP contribution in [0.1, 0.15) is 24.0 Å². The summed E-state index contributed by atoms with van der Waals surface area (Å²) >= 11 is 0. The van der Waals surface area contributed by atoms with E-state index in [1.165, 1.54) is 0 Å². The SMILES string of the molecule is Cc1cn2c(c1C(C)C(=O)O)OCC2. The lowest BCUT2D eigenvalue weighted by Gasteiger charge is -2.07. The number of carboxylic acid groups (broad SMARTS) is 1. The van der Waals surface area contributed by atoms with Crippen molar-refractivity contribution in [2.24, 2.45) is 0 Å².